The molecule has 1 aromatic rings. The number of hydrogen-bond acceptors (Lipinski definition) is 4. The molecule has 2 atom stereocenters. The Hall–Kier alpha value is -0.980. The summed E-state index contributed by atoms with van der Waals surface area (Å²) in [5.41, 5.74) is 1.25. The summed E-state index contributed by atoms with van der Waals surface area (Å²) < 4.78 is 7.05. The molecule has 0 aromatic carbocycles. The smallest absolute Gasteiger partial charge is 0.125 e. The number of hydrogen-bond donors (Lipinski definition) is 1. The Morgan fingerprint density at radius 1 is 1.35 bits per heavy atom. The maximum atomic E-state index is 9.68. The van der Waals surface area contributed by atoms with Gasteiger partial charge in [0.2, 0.25) is 0 Å². The number of aliphatic hydroxyl groups excluding tert-OH is 1. The van der Waals surface area contributed by atoms with Crippen molar-refractivity contribution < 1.29 is 14.3 Å². The molecule has 1 unspecified atom stereocenters. The van der Waals surface area contributed by atoms with Gasteiger partial charge in [-0.15, -0.1) is 11.3 Å². The SMILES string of the molecule is C[N+]1(C)CC=CC(OCc2csc(CN3CC=C[C@@H](O)C3)c2)C1. The summed E-state index contributed by atoms with van der Waals surface area (Å²) in [6.45, 7) is 5.33. The molecular weight excluding hydrogens is 308 g/mol. The van der Waals surface area contributed by atoms with Crippen molar-refractivity contribution in [2.45, 2.75) is 25.4 Å². The molecule has 0 radical (unpaired) electrons. The lowest BCUT2D eigenvalue weighted by atomic mass is 10.2. The highest BCUT2D eigenvalue weighted by Crippen LogP contribution is 2.20. The number of ether oxygens (including phenoxy) is 1. The van der Waals surface area contributed by atoms with E-state index in [1.165, 1.54) is 10.4 Å². The second kappa shape index (κ2) is 7.28. The summed E-state index contributed by atoms with van der Waals surface area (Å²) in [6, 6.07) is 2.24. The summed E-state index contributed by atoms with van der Waals surface area (Å²) in [5.74, 6) is 0. The number of β-amino-alcohol motifs (C(OH)–C–C–N with tert-alkyl or cyclic N) is 1. The molecule has 0 aliphatic carbocycles. The molecule has 5 heteroatoms. The summed E-state index contributed by atoms with van der Waals surface area (Å²) in [6.07, 6.45) is 8.22. The highest BCUT2D eigenvalue weighted by molar-refractivity contribution is 7.10. The lowest BCUT2D eigenvalue weighted by Gasteiger charge is -2.34. The van der Waals surface area contributed by atoms with Gasteiger partial charge in [-0.05, 0) is 29.2 Å². The molecule has 1 aromatic heterocycles. The molecule has 0 amide bonds. The molecule has 3 rings (SSSR count). The van der Waals surface area contributed by atoms with Crippen LogP contribution in [0.2, 0.25) is 0 Å². The molecular formula is C18H27N2O2S+. The minimum Gasteiger partial charge on any atom is -0.388 e. The normalized spacial score (nSPS) is 27.4. The van der Waals surface area contributed by atoms with Crippen LogP contribution >= 0.6 is 11.3 Å². The van der Waals surface area contributed by atoms with Gasteiger partial charge in [0.05, 0.1) is 33.4 Å². The van der Waals surface area contributed by atoms with E-state index in [1.807, 2.05) is 12.2 Å². The highest BCUT2D eigenvalue weighted by Gasteiger charge is 2.23. The Morgan fingerprint density at radius 2 is 2.22 bits per heavy atom. The van der Waals surface area contributed by atoms with Gasteiger partial charge in [0.25, 0.3) is 0 Å². The Labute approximate surface area is 142 Å². The maximum Gasteiger partial charge on any atom is 0.125 e. The van der Waals surface area contributed by atoms with Crippen LogP contribution in [-0.4, -0.2) is 67.0 Å². The van der Waals surface area contributed by atoms with Crippen molar-refractivity contribution in [3.05, 3.63) is 46.2 Å². The molecule has 126 valence electrons. The minimum absolute atomic E-state index is 0.212. The fraction of sp³-hybridized carbons (Fsp3) is 0.556. The zero-order chi connectivity index (χ0) is 16.3. The number of likely N-dealkylation sites (N-methyl/N-ethyl adjacent to an activating group) is 1. The minimum atomic E-state index is -0.328. The quantitative estimate of drug-likeness (QED) is 0.660. The predicted molar refractivity (Wildman–Crippen MR) is 94.3 cm³/mol. The molecule has 1 N–H and O–H groups in total. The van der Waals surface area contributed by atoms with Gasteiger partial charge in [-0.3, -0.25) is 4.90 Å². The van der Waals surface area contributed by atoms with Gasteiger partial charge in [-0.25, -0.2) is 0 Å². The number of rotatable bonds is 5. The second-order valence-corrected chi connectivity index (χ2v) is 8.19. The first-order valence-electron chi connectivity index (χ1n) is 8.24. The van der Waals surface area contributed by atoms with E-state index in [4.69, 9.17) is 4.74 Å². The third-order valence-electron chi connectivity index (χ3n) is 4.34. The standard InChI is InChI=1S/C18H27N2O2S/c1-20(2)8-4-6-17(12-20)22-13-15-9-18(23-14-15)11-19-7-3-5-16(21)10-19/h3-6,9,14,16-17,21H,7-8,10-13H2,1-2H3/q+1/t16-,17?/m1/s1. The van der Waals surface area contributed by atoms with Crippen LogP contribution in [0.25, 0.3) is 0 Å². The summed E-state index contributed by atoms with van der Waals surface area (Å²) >= 11 is 1.78. The summed E-state index contributed by atoms with van der Waals surface area (Å²) in [5, 5.41) is 11.9. The summed E-state index contributed by atoms with van der Waals surface area (Å²) in [7, 11) is 4.48. The zero-order valence-corrected chi connectivity index (χ0v) is 14.8. The van der Waals surface area contributed by atoms with Gasteiger partial charge < -0.3 is 14.3 Å². The lowest BCUT2D eigenvalue weighted by molar-refractivity contribution is -0.888. The molecule has 0 saturated heterocycles. The van der Waals surface area contributed by atoms with E-state index >= 15 is 0 Å². The first-order valence-corrected chi connectivity index (χ1v) is 9.12. The van der Waals surface area contributed by atoms with Gasteiger partial charge in [-0.1, -0.05) is 12.2 Å². The van der Waals surface area contributed by atoms with Crippen LogP contribution in [0, 0.1) is 0 Å². The third kappa shape index (κ3) is 4.99. The highest BCUT2D eigenvalue weighted by atomic mass is 32.1. The molecule has 4 nitrogen and oxygen atoms in total. The van der Waals surface area contributed by atoms with Crippen molar-refractivity contribution >= 4 is 11.3 Å². The third-order valence-corrected chi connectivity index (χ3v) is 5.31. The topological polar surface area (TPSA) is 32.7 Å². The second-order valence-electron chi connectivity index (χ2n) is 7.19. The molecule has 0 fully saturated rings. The average molecular weight is 335 g/mol. The largest absolute Gasteiger partial charge is 0.388 e. The van der Waals surface area contributed by atoms with Crippen molar-refractivity contribution in [3.8, 4) is 0 Å². The van der Waals surface area contributed by atoms with Crippen molar-refractivity contribution in [1.29, 1.82) is 0 Å². The van der Waals surface area contributed by atoms with Gasteiger partial charge in [0, 0.05) is 24.5 Å². The first kappa shape index (κ1) is 16.9. The van der Waals surface area contributed by atoms with Crippen molar-refractivity contribution in [3.63, 3.8) is 0 Å². The van der Waals surface area contributed by atoms with Gasteiger partial charge >= 0.3 is 0 Å². The molecule has 0 spiro atoms. The molecule has 0 saturated carbocycles. The van der Waals surface area contributed by atoms with E-state index in [1.54, 1.807) is 11.3 Å². The molecule has 3 heterocycles. The van der Waals surface area contributed by atoms with Crippen LogP contribution in [-0.2, 0) is 17.9 Å². The zero-order valence-electron chi connectivity index (χ0n) is 14.0. The lowest BCUT2D eigenvalue weighted by Crippen LogP contribution is -2.48. The number of nitrogens with zero attached hydrogens (tertiary/aromatic N) is 2. The van der Waals surface area contributed by atoms with Crippen molar-refractivity contribution in [2.24, 2.45) is 0 Å². The predicted octanol–water partition coefficient (Wildman–Crippen LogP) is 2.01. The van der Waals surface area contributed by atoms with Crippen LogP contribution in [0.5, 0.6) is 0 Å². The van der Waals surface area contributed by atoms with E-state index in [-0.39, 0.29) is 12.2 Å². The summed E-state index contributed by atoms with van der Waals surface area (Å²) in [4.78, 5) is 3.60. The fourth-order valence-electron chi connectivity index (χ4n) is 3.13. The Kier molecular flexibility index (Phi) is 5.34. The fourth-order valence-corrected chi connectivity index (χ4v) is 4.05. The van der Waals surface area contributed by atoms with Crippen LogP contribution in [0.1, 0.15) is 10.4 Å². The first-order chi connectivity index (χ1) is 11.0. The molecule has 2 aliphatic rings. The van der Waals surface area contributed by atoms with Crippen LogP contribution in [0.15, 0.2) is 35.8 Å². The molecule has 0 bridgehead atoms. The van der Waals surface area contributed by atoms with E-state index < -0.39 is 0 Å². The molecule has 2 aliphatic heterocycles. The van der Waals surface area contributed by atoms with E-state index in [9.17, 15) is 5.11 Å². The Bertz CT molecular complexity index is 579. The number of thiophene rings is 1. The van der Waals surface area contributed by atoms with Crippen LogP contribution < -0.4 is 0 Å². The van der Waals surface area contributed by atoms with Gasteiger partial charge in [0.1, 0.15) is 12.6 Å². The van der Waals surface area contributed by atoms with Crippen LogP contribution in [0.3, 0.4) is 0 Å². The Morgan fingerprint density at radius 3 is 3.00 bits per heavy atom. The monoisotopic (exact) mass is 335 g/mol. The van der Waals surface area contributed by atoms with E-state index in [0.717, 1.165) is 37.2 Å². The van der Waals surface area contributed by atoms with Crippen molar-refractivity contribution in [1.82, 2.24) is 4.90 Å². The average Bonchev–Trinajstić information content (AvgIpc) is 2.92. The number of aliphatic hydroxyl groups is 1. The maximum absolute atomic E-state index is 9.68. The molecule has 23 heavy (non-hydrogen) atoms. The van der Waals surface area contributed by atoms with Crippen LogP contribution in [0.4, 0.5) is 0 Å². The van der Waals surface area contributed by atoms with E-state index in [0.29, 0.717) is 6.61 Å². The van der Waals surface area contributed by atoms with Gasteiger partial charge in [-0.2, -0.15) is 0 Å². The van der Waals surface area contributed by atoms with Crippen molar-refractivity contribution in [2.75, 3.05) is 40.3 Å². The van der Waals surface area contributed by atoms with E-state index in [2.05, 4.69) is 42.6 Å². The van der Waals surface area contributed by atoms with Gasteiger partial charge in [0.15, 0.2) is 0 Å². The Balaban J connectivity index is 1.49. The number of quaternary nitrogens is 1.